The molecule has 1 heterocycles. The van der Waals surface area contributed by atoms with Crippen molar-refractivity contribution in [3.8, 4) is 0 Å². The van der Waals surface area contributed by atoms with Gasteiger partial charge in [0.2, 0.25) is 0 Å². The minimum Gasteiger partial charge on any atom is -0.205 e. The van der Waals surface area contributed by atoms with E-state index < -0.39 is 0 Å². The second-order valence-corrected chi connectivity index (χ2v) is 8.01. The van der Waals surface area contributed by atoms with Crippen LogP contribution in [0.2, 0.25) is 0 Å². The third-order valence-corrected chi connectivity index (χ3v) is 6.50. The van der Waals surface area contributed by atoms with E-state index in [0.29, 0.717) is 24.7 Å². The summed E-state index contributed by atoms with van der Waals surface area (Å²) in [7, 11) is 0. The van der Waals surface area contributed by atoms with E-state index in [1.165, 1.54) is 23.1 Å². The summed E-state index contributed by atoms with van der Waals surface area (Å²) in [5.41, 5.74) is 1.08. The summed E-state index contributed by atoms with van der Waals surface area (Å²) in [6, 6.07) is 7.21. The summed E-state index contributed by atoms with van der Waals surface area (Å²) >= 11 is 7.13. The first kappa shape index (κ1) is 15.8. The fourth-order valence-corrected chi connectivity index (χ4v) is 4.77. The lowest BCUT2D eigenvalue weighted by Crippen LogP contribution is -1.99. The zero-order valence-corrected chi connectivity index (χ0v) is 14.8. The van der Waals surface area contributed by atoms with E-state index in [2.05, 4.69) is 19.1 Å². The molecule has 0 atom stereocenters. The Balaban J connectivity index is 2.21. The number of thiol groups is 1. The largest absolute Gasteiger partial charge is 0.265 e. The predicted molar refractivity (Wildman–Crippen MR) is 99.6 cm³/mol. The van der Waals surface area contributed by atoms with Gasteiger partial charge in [0.15, 0.2) is 18.0 Å². The smallest absolute Gasteiger partial charge is 0.205 e. The number of thioether (sulfide) groups is 1. The van der Waals surface area contributed by atoms with E-state index in [0.717, 1.165) is 22.9 Å². The molecule has 0 radical (unpaired) electrons. The first-order chi connectivity index (χ1) is 10.5. The monoisotopic (exact) mass is 353 g/mol. The highest BCUT2D eigenvalue weighted by Gasteiger charge is 2.20. The quantitative estimate of drug-likeness (QED) is 0.338. The molecule has 0 aliphatic rings. The number of thiophene rings is 1. The average molecular weight is 354 g/mol. The van der Waals surface area contributed by atoms with Crippen LogP contribution in [-0.2, 0) is 12.2 Å². The molecule has 0 spiro atoms. The Morgan fingerprint density at radius 3 is 2.41 bits per heavy atom. The number of halogens is 2. The number of rotatable bonds is 3. The molecule has 0 amide bonds. The van der Waals surface area contributed by atoms with Gasteiger partial charge in [-0.25, -0.2) is 8.78 Å². The lowest BCUT2D eigenvalue weighted by Gasteiger charge is -2.01. The van der Waals surface area contributed by atoms with Gasteiger partial charge in [0.25, 0.3) is 4.20 Å². The minimum absolute atomic E-state index is 0.255. The Hall–Kier alpha value is -1.04. The topological polar surface area (TPSA) is 0 Å². The van der Waals surface area contributed by atoms with Crippen LogP contribution in [0.15, 0.2) is 24.3 Å². The number of hydrogen-bond acceptors (Lipinski definition) is 2. The van der Waals surface area contributed by atoms with E-state index in [9.17, 15) is 8.78 Å². The van der Waals surface area contributed by atoms with Gasteiger partial charge in [0.1, 0.15) is 5.82 Å². The fourth-order valence-electron chi connectivity index (χ4n) is 2.38. The maximum Gasteiger partial charge on any atom is 0.265 e. The highest BCUT2D eigenvalue weighted by Crippen LogP contribution is 2.39. The van der Waals surface area contributed by atoms with E-state index >= 15 is 0 Å². The lowest BCUT2D eigenvalue weighted by molar-refractivity contribution is 0.632. The summed E-state index contributed by atoms with van der Waals surface area (Å²) in [5, 5.41) is 1.54. The van der Waals surface area contributed by atoms with Crippen molar-refractivity contribution in [2.45, 2.75) is 20.3 Å². The summed E-state index contributed by atoms with van der Waals surface area (Å²) in [4.78, 5) is 0. The minimum atomic E-state index is -0.302. The summed E-state index contributed by atoms with van der Waals surface area (Å²) < 4.78 is 30.8. The maximum absolute atomic E-state index is 14.8. The molecule has 0 saturated heterocycles. The molecule has 0 unspecified atom stereocenters. The van der Waals surface area contributed by atoms with Gasteiger partial charge < -0.3 is 0 Å². The fraction of sp³-hybridized carbons (Fsp3) is 0.235. The lowest BCUT2D eigenvalue weighted by atomic mass is 10.1. The SMILES string of the molecule is CCCSC(=[SH+])c1ccc2c(sc3c(F)c(C)ccc32)c1F. The molecule has 0 aliphatic heterocycles. The maximum atomic E-state index is 14.8. The Morgan fingerprint density at radius 1 is 1.09 bits per heavy atom. The van der Waals surface area contributed by atoms with Gasteiger partial charge in [-0.05, 0) is 25.0 Å². The number of aryl methyl sites for hydroxylation is 1. The Bertz CT molecular complexity index is 881. The molecule has 0 nitrogen and oxygen atoms in total. The molecule has 3 aromatic rings. The molecule has 22 heavy (non-hydrogen) atoms. The van der Waals surface area contributed by atoms with Crippen LogP contribution in [0.1, 0.15) is 24.5 Å². The standard InChI is InChI=1S/C17H14F2S3/c1-3-8-21-17(20)12-7-6-11-10-5-4-9(2)13(18)15(10)22-16(11)14(12)19/h4-7H,3,8H2,1-2H3/p+1. The molecule has 0 saturated carbocycles. The van der Waals surface area contributed by atoms with Crippen molar-refractivity contribution >= 4 is 59.7 Å². The van der Waals surface area contributed by atoms with Crippen LogP contribution in [-0.4, -0.2) is 9.95 Å². The van der Waals surface area contributed by atoms with E-state index in [1.807, 2.05) is 12.1 Å². The van der Waals surface area contributed by atoms with Gasteiger partial charge in [-0.2, -0.15) is 0 Å². The van der Waals surface area contributed by atoms with Crippen molar-refractivity contribution < 1.29 is 8.78 Å². The van der Waals surface area contributed by atoms with E-state index in [4.69, 9.17) is 0 Å². The van der Waals surface area contributed by atoms with Crippen molar-refractivity contribution in [1.82, 2.24) is 0 Å². The van der Waals surface area contributed by atoms with Crippen molar-refractivity contribution in [3.63, 3.8) is 0 Å². The highest BCUT2D eigenvalue weighted by atomic mass is 32.2. The molecule has 0 bridgehead atoms. The van der Waals surface area contributed by atoms with E-state index in [1.54, 1.807) is 19.1 Å². The molecule has 0 aliphatic carbocycles. The molecule has 114 valence electrons. The van der Waals surface area contributed by atoms with Crippen LogP contribution < -0.4 is 0 Å². The second-order valence-electron chi connectivity index (χ2n) is 5.13. The molecule has 5 heteroatoms. The molecule has 0 fully saturated rings. The van der Waals surface area contributed by atoms with Gasteiger partial charge in [-0.1, -0.05) is 36.9 Å². The Labute approximate surface area is 141 Å². The summed E-state index contributed by atoms with van der Waals surface area (Å²) in [5.74, 6) is 0.343. The van der Waals surface area contributed by atoms with Crippen molar-refractivity contribution in [1.29, 1.82) is 0 Å². The van der Waals surface area contributed by atoms with Gasteiger partial charge in [0, 0.05) is 16.5 Å². The number of fused-ring (bicyclic) bond motifs is 3. The van der Waals surface area contributed by atoms with Gasteiger partial charge in [0.05, 0.1) is 15.0 Å². The molecule has 2 aromatic carbocycles. The Kier molecular flexibility index (Phi) is 4.48. The third kappa shape index (κ3) is 2.55. The number of hydrogen-bond donors (Lipinski definition) is 0. The molecular weight excluding hydrogens is 338 g/mol. The van der Waals surface area contributed by atoms with Crippen LogP contribution in [0.5, 0.6) is 0 Å². The zero-order valence-electron chi connectivity index (χ0n) is 12.2. The Morgan fingerprint density at radius 2 is 1.73 bits per heavy atom. The van der Waals surface area contributed by atoms with Crippen LogP contribution >= 0.6 is 23.1 Å². The van der Waals surface area contributed by atoms with Crippen LogP contribution in [0.25, 0.3) is 20.2 Å². The van der Waals surface area contributed by atoms with E-state index in [-0.39, 0.29) is 11.6 Å². The van der Waals surface area contributed by atoms with Crippen molar-refractivity contribution in [3.05, 3.63) is 47.0 Å². The molecular formula is C17H15F2S3+. The third-order valence-electron chi connectivity index (χ3n) is 3.55. The second kappa shape index (κ2) is 6.22. The summed E-state index contributed by atoms with van der Waals surface area (Å²) in [6.45, 7) is 3.80. The van der Waals surface area contributed by atoms with Crippen molar-refractivity contribution in [2.24, 2.45) is 0 Å². The van der Waals surface area contributed by atoms with Crippen LogP contribution in [0, 0.1) is 18.6 Å². The molecule has 3 rings (SSSR count). The van der Waals surface area contributed by atoms with Gasteiger partial charge in [-0.15, -0.1) is 11.3 Å². The van der Waals surface area contributed by atoms with Crippen molar-refractivity contribution in [2.75, 3.05) is 5.75 Å². The zero-order chi connectivity index (χ0) is 15.9. The van der Waals surface area contributed by atoms with Gasteiger partial charge in [-0.3, -0.25) is 0 Å². The summed E-state index contributed by atoms with van der Waals surface area (Å²) in [6.07, 6.45) is 1.01. The normalized spacial score (nSPS) is 11.5. The average Bonchev–Trinajstić information content (AvgIpc) is 2.89. The first-order valence-corrected chi connectivity index (χ1v) is 9.28. The predicted octanol–water partition coefficient (Wildman–Crippen LogP) is 5.54. The number of benzene rings is 2. The molecule has 1 aromatic heterocycles. The van der Waals surface area contributed by atoms with Crippen LogP contribution in [0.3, 0.4) is 0 Å². The van der Waals surface area contributed by atoms with Gasteiger partial charge >= 0.3 is 0 Å². The van der Waals surface area contributed by atoms with Crippen LogP contribution in [0.4, 0.5) is 8.78 Å². The molecule has 0 N–H and O–H groups in total. The highest BCUT2D eigenvalue weighted by molar-refractivity contribution is 8.20. The first-order valence-electron chi connectivity index (χ1n) is 7.03.